The van der Waals surface area contributed by atoms with E-state index in [0.29, 0.717) is 17.6 Å². The molecule has 29 heavy (non-hydrogen) atoms. The minimum Gasteiger partial charge on any atom is -0.401 e. The van der Waals surface area contributed by atoms with Crippen LogP contribution < -0.4 is 5.32 Å². The number of fused-ring (bicyclic) bond motifs is 1. The Morgan fingerprint density at radius 2 is 1.97 bits per heavy atom. The van der Waals surface area contributed by atoms with Crippen molar-refractivity contribution in [2.75, 3.05) is 18.9 Å². The lowest BCUT2D eigenvalue weighted by Crippen LogP contribution is -2.26. The van der Waals surface area contributed by atoms with Crippen molar-refractivity contribution >= 4 is 11.7 Å². The molecule has 1 aliphatic rings. The second kappa shape index (κ2) is 7.44. The summed E-state index contributed by atoms with van der Waals surface area (Å²) in [6, 6.07) is 14.5. The Kier molecular flexibility index (Phi) is 4.50. The number of nitrogens with one attached hydrogen (secondary N) is 1. The van der Waals surface area contributed by atoms with Crippen LogP contribution in [-0.4, -0.2) is 38.7 Å². The Labute approximate surface area is 168 Å². The van der Waals surface area contributed by atoms with Gasteiger partial charge in [-0.3, -0.25) is 9.97 Å². The molecule has 1 aliphatic heterocycles. The van der Waals surface area contributed by atoms with E-state index in [2.05, 4.69) is 55.6 Å². The van der Waals surface area contributed by atoms with E-state index in [9.17, 15) is 0 Å². The average Bonchev–Trinajstić information content (AvgIpc) is 3.23. The maximum absolute atomic E-state index is 5.81. The summed E-state index contributed by atoms with van der Waals surface area (Å²) in [6.45, 7) is 2.04. The summed E-state index contributed by atoms with van der Waals surface area (Å²) in [5.74, 6) is 0.371. The maximum atomic E-state index is 5.81. The van der Waals surface area contributed by atoms with Crippen molar-refractivity contribution in [2.24, 2.45) is 0 Å². The van der Waals surface area contributed by atoms with Crippen molar-refractivity contribution in [1.29, 1.82) is 0 Å². The highest BCUT2D eigenvalue weighted by Crippen LogP contribution is 2.27. The fourth-order valence-corrected chi connectivity index (χ4v) is 3.54. The Morgan fingerprint density at radius 1 is 1.00 bits per heavy atom. The van der Waals surface area contributed by atoms with Crippen molar-refractivity contribution < 1.29 is 4.42 Å². The van der Waals surface area contributed by atoms with Gasteiger partial charge in [-0.15, -0.1) is 5.10 Å². The highest BCUT2D eigenvalue weighted by atomic mass is 16.4. The predicted octanol–water partition coefficient (Wildman–Crippen LogP) is 3.93. The van der Waals surface area contributed by atoms with Gasteiger partial charge in [0, 0.05) is 42.9 Å². The largest absolute Gasteiger partial charge is 0.401 e. The minimum absolute atomic E-state index is 0.345. The van der Waals surface area contributed by atoms with Gasteiger partial charge in [-0.1, -0.05) is 17.2 Å². The van der Waals surface area contributed by atoms with Crippen LogP contribution in [0, 0.1) is 0 Å². The molecule has 0 spiro atoms. The van der Waals surface area contributed by atoms with Gasteiger partial charge in [-0.25, -0.2) is 0 Å². The number of rotatable bonds is 4. The molecule has 144 valence electrons. The van der Waals surface area contributed by atoms with Gasteiger partial charge >= 0.3 is 6.01 Å². The summed E-state index contributed by atoms with van der Waals surface area (Å²) in [5.41, 5.74) is 6.29. The van der Waals surface area contributed by atoms with Crippen molar-refractivity contribution in [1.82, 2.24) is 25.1 Å². The number of nitrogens with zero attached hydrogens (tertiary/aromatic N) is 5. The van der Waals surface area contributed by atoms with E-state index in [1.54, 1.807) is 12.4 Å². The van der Waals surface area contributed by atoms with E-state index in [-0.39, 0.29) is 0 Å². The summed E-state index contributed by atoms with van der Waals surface area (Å²) < 4.78 is 5.81. The fourth-order valence-electron chi connectivity index (χ4n) is 3.54. The number of likely N-dealkylation sites (N-methyl/N-ethyl adjacent to an activating group) is 1. The average molecular weight is 384 g/mol. The topological polar surface area (TPSA) is 80.0 Å². The van der Waals surface area contributed by atoms with Crippen LogP contribution in [0.3, 0.4) is 0 Å². The molecule has 3 aromatic heterocycles. The highest BCUT2D eigenvalue weighted by Gasteiger charge is 2.15. The number of hydrogen-bond acceptors (Lipinski definition) is 7. The first kappa shape index (κ1) is 17.5. The third kappa shape index (κ3) is 3.72. The van der Waals surface area contributed by atoms with E-state index in [4.69, 9.17) is 4.42 Å². The van der Waals surface area contributed by atoms with Crippen molar-refractivity contribution in [2.45, 2.75) is 13.0 Å². The molecule has 4 aromatic rings. The van der Waals surface area contributed by atoms with Crippen LogP contribution in [0.4, 0.5) is 11.7 Å². The standard InChI is InChI=1S/C22H20N6O/c1-28-10-7-15-4-5-19(11-18(15)14-28)25-22-27-26-21(29-22)20-12-16(6-9-24-20)17-3-2-8-23-13-17/h2-6,8-9,11-13H,7,10,14H2,1H3,(H,25,27). The van der Waals surface area contributed by atoms with Crippen molar-refractivity contribution in [3.05, 3.63) is 72.2 Å². The molecule has 7 nitrogen and oxygen atoms in total. The SMILES string of the molecule is CN1CCc2ccc(Nc3nnc(-c4cc(-c5cccnc5)ccn4)o3)cc2C1. The second-order valence-electron chi connectivity index (χ2n) is 7.18. The summed E-state index contributed by atoms with van der Waals surface area (Å²) in [5, 5.41) is 11.5. The van der Waals surface area contributed by atoms with Gasteiger partial charge < -0.3 is 14.6 Å². The number of benzene rings is 1. The quantitative estimate of drug-likeness (QED) is 0.571. The summed E-state index contributed by atoms with van der Waals surface area (Å²) in [6.07, 6.45) is 6.37. The lowest BCUT2D eigenvalue weighted by molar-refractivity contribution is 0.313. The van der Waals surface area contributed by atoms with Crippen LogP contribution in [0.15, 0.2) is 65.5 Å². The zero-order valence-corrected chi connectivity index (χ0v) is 16.0. The molecule has 4 heterocycles. The zero-order chi connectivity index (χ0) is 19.6. The predicted molar refractivity (Wildman–Crippen MR) is 111 cm³/mol. The Hall–Kier alpha value is -3.58. The fraction of sp³-hybridized carbons (Fsp3) is 0.182. The van der Waals surface area contributed by atoms with Crippen LogP contribution in [-0.2, 0) is 13.0 Å². The molecule has 0 bridgehead atoms. The van der Waals surface area contributed by atoms with Gasteiger partial charge in [0.1, 0.15) is 5.69 Å². The molecule has 0 unspecified atom stereocenters. The Balaban J connectivity index is 1.37. The molecule has 5 rings (SSSR count). The molecular weight excluding hydrogens is 364 g/mol. The van der Waals surface area contributed by atoms with Crippen LogP contribution in [0.1, 0.15) is 11.1 Å². The third-order valence-electron chi connectivity index (χ3n) is 5.06. The van der Waals surface area contributed by atoms with E-state index in [1.165, 1.54) is 11.1 Å². The molecule has 0 saturated carbocycles. The maximum Gasteiger partial charge on any atom is 0.320 e. The van der Waals surface area contributed by atoms with Crippen LogP contribution >= 0.6 is 0 Å². The van der Waals surface area contributed by atoms with Gasteiger partial charge in [0.2, 0.25) is 0 Å². The summed E-state index contributed by atoms with van der Waals surface area (Å²) in [7, 11) is 2.14. The van der Waals surface area contributed by atoms with Gasteiger partial charge in [0.05, 0.1) is 0 Å². The van der Waals surface area contributed by atoms with E-state index in [0.717, 1.165) is 36.3 Å². The molecule has 0 fully saturated rings. The zero-order valence-electron chi connectivity index (χ0n) is 16.0. The second-order valence-corrected chi connectivity index (χ2v) is 7.18. The number of anilines is 2. The molecule has 1 aromatic carbocycles. The van der Waals surface area contributed by atoms with Crippen LogP contribution in [0.5, 0.6) is 0 Å². The first-order valence-electron chi connectivity index (χ1n) is 9.52. The first-order chi connectivity index (χ1) is 14.2. The lowest BCUT2D eigenvalue weighted by atomic mass is 9.99. The van der Waals surface area contributed by atoms with E-state index in [1.807, 2.05) is 30.5 Å². The molecule has 0 atom stereocenters. The molecule has 7 heteroatoms. The van der Waals surface area contributed by atoms with Crippen molar-refractivity contribution in [3.8, 4) is 22.7 Å². The smallest absolute Gasteiger partial charge is 0.320 e. The third-order valence-corrected chi connectivity index (χ3v) is 5.06. The molecule has 0 radical (unpaired) electrons. The lowest BCUT2D eigenvalue weighted by Gasteiger charge is -2.25. The molecule has 0 saturated heterocycles. The van der Waals surface area contributed by atoms with Gasteiger partial charge in [-0.2, -0.15) is 0 Å². The molecule has 1 N–H and O–H groups in total. The molecule has 0 amide bonds. The molecule has 0 aliphatic carbocycles. The van der Waals surface area contributed by atoms with Crippen LogP contribution in [0.2, 0.25) is 0 Å². The number of pyridine rings is 2. The molecular formula is C22H20N6O. The Bertz CT molecular complexity index is 1140. The first-order valence-corrected chi connectivity index (χ1v) is 9.52. The van der Waals surface area contributed by atoms with E-state index < -0.39 is 0 Å². The summed E-state index contributed by atoms with van der Waals surface area (Å²) in [4.78, 5) is 10.9. The van der Waals surface area contributed by atoms with Gasteiger partial charge in [-0.05, 0) is 60.5 Å². The van der Waals surface area contributed by atoms with E-state index >= 15 is 0 Å². The van der Waals surface area contributed by atoms with Gasteiger partial charge in [0.25, 0.3) is 5.89 Å². The van der Waals surface area contributed by atoms with Gasteiger partial charge in [0.15, 0.2) is 0 Å². The van der Waals surface area contributed by atoms with Crippen LogP contribution in [0.25, 0.3) is 22.7 Å². The summed E-state index contributed by atoms with van der Waals surface area (Å²) >= 11 is 0. The Morgan fingerprint density at radius 3 is 2.86 bits per heavy atom. The number of aromatic nitrogens is 4. The minimum atomic E-state index is 0.345. The number of hydrogen-bond donors (Lipinski definition) is 1. The monoisotopic (exact) mass is 384 g/mol. The normalized spacial score (nSPS) is 13.8. The van der Waals surface area contributed by atoms with Crippen molar-refractivity contribution in [3.63, 3.8) is 0 Å². The highest BCUT2D eigenvalue weighted by molar-refractivity contribution is 5.67.